The molecule has 2 aliphatic rings. The number of rotatable bonds is 8. The van der Waals surface area contributed by atoms with Gasteiger partial charge in [0, 0.05) is 0 Å². The molecule has 0 aromatic heterocycles. The summed E-state index contributed by atoms with van der Waals surface area (Å²) in [5, 5.41) is 0. The fraction of sp³-hybridized carbons (Fsp3) is 0.326. The maximum absolute atomic E-state index is 4.76. The predicted octanol–water partition coefficient (Wildman–Crippen LogP) is 6.54. The van der Waals surface area contributed by atoms with Gasteiger partial charge in [-0.1, -0.05) is 0 Å². The molecule has 50 heavy (non-hydrogen) atoms. The minimum absolute atomic E-state index is 0. The summed E-state index contributed by atoms with van der Waals surface area (Å²) in [5.74, 6) is 0. The van der Waals surface area contributed by atoms with Crippen LogP contribution in [0.1, 0.15) is 93.3 Å². The molecule has 0 unspecified atom stereocenters. The van der Waals surface area contributed by atoms with Crippen molar-refractivity contribution >= 4 is 16.9 Å². The largest absolute Gasteiger partial charge is 1.00 e. The molecule has 0 atom stereocenters. The van der Waals surface area contributed by atoms with E-state index in [1.165, 1.54) is 67.3 Å². The van der Waals surface area contributed by atoms with Gasteiger partial charge >= 0.3 is 305 Å². The van der Waals surface area contributed by atoms with Gasteiger partial charge in [-0.2, -0.15) is 0 Å². The summed E-state index contributed by atoms with van der Waals surface area (Å²) in [4.78, 5) is 0. The monoisotopic (exact) mass is 793 g/mol. The second kappa shape index (κ2) is 15.7. The second-order valence-corrected chi connectivity index (χ2v) is 26.0. The van der Waals surface area contributed by atoms with Crippen molar-refractivity contribution < 1.29 is 47.6 Å². The Labute approximate surface area is 327 Å². The Morgan fingerprint density at radius 3 is 1.86 bits per heavy atom. The Morgan fingerprint density at radius 2 is 1.32 bits per heavy atom. The molecule has 0 fully saturated rings. The van der Waals surface area contributed by atoms with E-state index in [0.29, 0.717) is 0 Å². The second-order valence-electron chi connectivity index (χ2n) is 17.2. The Kier molecular flexibility index (Phi) is 12.7. The molecule has 0 radical (unpaired) electrons. The van der Waals surface area contributed by atoms with Crippen LogP contribution in [-0.2, 0) is 40.0 Å². The van der Waals surface area contributed by atoms with Crippen LogP contribution in [0, 0.1) is 0 Å². The molecular formula is C46H53Cl2SiZr. The number of hydrogen-bond donors (Lipinski definition) is 0. The van der Waals surface area contributed by atoms with E-state index in [1.807, 2.05) is 0 Å². The molecular weight excluding hydrogens is 743 g/mol. The minimum Gasteiger partial charge on any atom is -1.00 e. The Hall–Kier alpha value is -2.35. The average molecular weight is 796 g/mol. The van der Waals surface area contributed by atoms with E-state index in [2.05, 4.69) is 158 Å². The van der Waals surface area contributed by atoms with Crippen molar-refractivity contribution in [1.82, 2.24) is 0 Å². The van der Waals surface area contributed by atoms with Crippen molar-refractivity contribution in [3.05, 3.63) is 157 Å². The SMILES string of the molecule is C=C(CC1=[C]([Zr+2]=[C](c2ccccc2)c2ccccc2)CC=C1c1c(C(C)(C)C)ccc2c1Cc1cc(C(C)(C)C)ccc1-2)C[Si](C)(C)C.[Cl-].[Cl-]. The Balaban J connectivity index is 0.00000281. The molecule has 0 bridgehead atoms. The van der Waals surface area contributed by atoms with E-state index < -0.39 is 30.8 Å². The van der Waals surface area contributed by atoms with Crippen LogP contribution in [0.25, 0.3) is 16.7 Å². The first-order valence-electron chi connectivity index (χ1n) is 17.7. The summed E-state index contributed by atoms with van der Waals surface area (Å²) in [5.41, 5.74) is 17.8. The minimum atomic E-state index is -1.31. The van der Waals surface area contributed by atoms with Crippen LogP contribution in [0.2, 0.25) is 25.7 Å². The normalized spacial score (nSPS) is 13.8. The molecule has 0 saturated carbocycles. The zero-order valence-electron chi connectivity index (χ0n) is 31.5. The zero-order chi connectivity index (χ0) is 34.4. The summed E-state index contributed by atoms with van der Waals surface area (Å²) in [7, 11) is -1.31. The van der Waals surface area contributed by atoms with Crippen LogP contribution >= 0.6 is 0 Å². The van der Waals surface area contributed by atoms with E-state index in [9.17, 15) is 0 Å². The number of allylic oxidation sites excluding steroid dienone is 5. The average Bonchev–Trinajstić information content (AvgIpc) is 3.58. The fourth-order valence-corrected chi connectivity index (χ4v) is 12.9. The van der Waals surface area contributed by atoms with Crippen molar-refractivity contribution in [2.24, 2.45) is 0 Å². The number of halogens is 2. The standard InChI is InChI=1S/C33H43Si.C13H10.2ClH.Zr/c1-22(21-34(8,9)10)18-23-12-11-13-27(23)31-29-20-24-19-25(32(2,3)4)14-15-26(24)28(29)16-17-30(31)33(5,6)7;1-3-7-12(8-4-1)11-13-9-5-2-6-10-13;;;/h13-17,19H,1,11,18,20-21H2,2-10H3;1-10H;2*1H;/q;;;;+2/p-2. The molecule has 6 rings (SSSR count). The summed E-state index contributed by atoms with van der Waals surface area (Å²) in [6.45, 7) is 26.4. The number of hydrogen-bond acceptors (Lipinski definition) is 0. The molecule has 259 valence electrons. The molecule has 2 aliphatic carbocycles. The van der Waals surface area contributed by atoms with Gasteiger partial charge in [0.15, 0.2) is 0 Å². The van der Waals surface area contributed by atoms with Crippen LogP contribution in [0.15, 0.2) is 118 Å². The van der Waals surface area contributed by atoms with E-state index in [1.54, 1.807) is 12.1 Å². The molecule has 0 N–H and O–H groups in total. The third kappa shape index (κ3) is 8.81. The molecule has 4 aromatic carbocycles. The van der Waals surface area contributed by atoms with Crippen LogP contribution in [0.5, 0.6) is 0 Å². The first kappa shape index (κ1) is 40.4. The molecule has 0 aliphatic heterocycles. The van der Waals surface area contributed by atoms with Gasteiger partial charge < -0.3 is 24.8 Å². The molecule has 4 heteroatoms. The van der Waals surface area contributed by atoms with Crippen molar-refractivity contribution in [3.63, 3.8) is 0 Å². The third-order valence-corrected chi connectivity index (χ3v) is 15.4. The van der Waals surface area contributed by atoms with Crippen LogP contribution in [-0.4, -0.2) is 11.3 Å². The van der Waals surface area contributed by atoms with Gasteiger partial charge in [-0.25, -0.2) is 0 Å². The third-order valence-electron chi connectivity index (χ3n) is 9.83. The smallest absolute Gasteiger partial charge is 1.00 e. The first-order chi connectivity index (χ1) is 22.6. The predicted molar refractivity (Wildman–Crippen MR) is 210 cm³/mol. The van der Waals surface area contributed by atoms with Gasteiger partial charge in [0.25, 0.3) is 0 Å². The quantitative estimate of drug-likeness (QED) is 0.124. The summed E-state index contributed by atoms with van der Waals surface area (Å²) in [6, 6.07) is 35.7. The molecule has 0 saturated heterocycles. The maximum atomic E-state index is 4.76. The zero-order valence-corrected chi connectivity index (χ0v) is 36.5. The number of benzene rings is 4. The van der Waals surface area contributed by atoms with Crippen LogP contribution in [0.4, 0.5) is 0 Å². The van der Waals surface area contributed by atoms with Crippen LogP contribution < -0.4 is 24.8 Å². The van der Waals surface area contributed by atoms with Crippen molar-refractivity contribution in [3.8, 4) is 11.1 Å². The Morgan fingerprint density at radius 1 is 0.740 bits per heavy atom. The van der Waals surface area contributed by atoms with Crippen molar-refractivity contribution in [1.29, 1.82) is 0 Å². The van der Waals surface area contributed by atoms with Gasteiger partial charge in [-0.15, -0.1) is 0 Å². The van der Waals surface area contributed by atoms with Crippen molar-refractivity contribution in [2.45, 2.75) is 97.3 Å². The molecule has 0 heterocycles. The molecule has 4 aromatic rings. The van der Waals surface area contributed by atoms with Crippen LogP contribution in [0.3, 0.4) is 0 Å². The van der Waals surface area contributed by atoms with E-state index >= 15 is 0 Å². The van der Waals surface area contributed by atoms with E-state index in [-0.39, 0.29) is 35.6 Å². The van der Waals surface area contributed by atoms with Gasteiger partial charge in [0.1, 0.15) is 0 Å². The van der Waals surface area contributed by atoms with Gasteiger partial charge in [-0.05, 0) is 0 Å². The van der Waals surface area contributed by atoms with Crippen molar-refractivity contribution in [2.75, 3.05) is 0 Å². The summed E-state index contributed by atoms with van der Waals surface area (Å²) in [6.07, 6.45) is 5.69. The van der Waals surface area contributed by atoms with E-state index in [4.69, 9.17) is 6.58 Å². The first-order valence-corrected chi connectivity index (χ1v) is 23.9. The maximum Gasteiger partial charge on any atom is -1.00 e. The molecule has 0 spiro atoms. The molecule has 0 nitrogen and oxygen atoms in total. The fourth-order valence-electron chi connectivity index (χ4n) is 7.60. The van der Waals surface area contributed by atoms with Gasteiger partial charge in [0.05, 0.1) is 0 Å². The Bertz CT molecular complexity index is 1920. The topological polar surface area (TPSA) is 0 Å². The number of fused-ring (bicyclic) bond motifs is 3. The summed E-state index contributed by atoms with van der Waals surface area (Å²) >= 11 is -1.17. The molecule has 0 amide bonds. The van der Waals surface area contributed by atoms with Gasteiger partial charge in [0.2, 0.25) is 0 Å². The summed E-state index contributed by atoms with van der Waals surface area (Å²) < 4.78 is 3.30. The van der Waals surface area contributed by atoms with E-state index in [0.717, 1.165) is 19.3 Å². The van der Waals surface area contributed by atoms with Gasteiger partial charge in [-0.3, -0.25) is 0 Å².